The molecule has 5 rings (SSSR count). The first kappa shape index (κ1) is 13.2. The van der Waals surface area contributed by atoms with E-state index in [0.29, 0.717) is 4.75 Å². The SMILES string of the molecule is NCC1(SCc2ccccc2)C2CC3CC(C2)CC1C3. The van der Waals surface area contributed by atoms with Gasteiger partial charge in [0.15, 0.2) is 0 Å². The molecule has 0 amide bonds. The molecule has 0 saturated heterocycles. The Morgan fingerprint density at radius 2 is 1.55 bits per heavy atom. The molecule has 4 aliphatic carbocycles. The van der Waals surface area contributed by atoms with Crippen LogP contribution in [0.4, 0.5) is 0 Å². The quantitative estimate of drug-likeness (QED) is 0.903. The van der Waals surface area contributed by atoms with E-state index < -0.39 is 0 Å². The number of rotatable bonds is 4. The smallest absolute Gasteiger partial charge is 0.0342 e. The molecule has 0 spiro atoms. The summed E-state index contributed by atoms with van der Waals surface area (Å²) in [6.07, 6.45) is 7.38. The lowest BCUT2D eigenvalue weighted by Crippen LogP contribution is -2.59. The van der Waals surface area contributed by atoms with Crippen LogP contribution in [0, 0.1) is 23.7 Å². The maximum absolute atomic E-state index is 6.33. The van der Waals surface area contributed by atoms with Gasteiger partial charge >= 0.3 is 0 Å². The molecule has 0 atom stereocenters. The van der Waals surface area contributed by atoms with Gasteiger partial charge in [0.25, 0.3) is 0 Å². The Balaban J connectivity index is 1.54. The lowest BCUT2D eigenvalue weighted by atomic mass is 9.51. The summed E-state index contributed by atoms with van der Waals surface area (Å²) >= 11 is 2.19. The van der Waals surface area contributed by atoms with E-state index in [1.54, 1.807) is 0 Å². The first-order valence-corrected chi connectivity index (χ1v) is 9.16. The molecule has 1 nitrogen and oxygen atoms in total. The average Bonchev–Trinajstić information content (AvgIpc) is 2.48. The molecule has 4 saturated carbocycles. The fourth-order valence-electron chi connectivity index (χ4n) is 5.40. The van der Waals surface area contributed by atoms with Crippen molar-refractivity contribution in [1.82, 2.24) is 0 Å². The van der Waals surface area contributed by atoms with Gasteiger partial charge in [-0.3, -0.25) is 0 Å². The Kier molecular flexibility index (Phi) is 3.35. The van der Waals surface area contributed by atoms with Crippen LogP contribution in [0.25, 0.3) is 0 Å². The normalized spacial score (nSPS) is 42.0. The maximum Gasteiger partial charge on any atom is 0.0342 e. The number of hydrogen-bond acceptors (Lipinski definition) is 2. The summed E-state index contributed by atoms with van der Waals surface area (Å²) in [4.78, 5) is 0. The van der Waals surface area contributed by atoms with Gasteiger partial charge in [0.1, 0.15) is 0 Å². The van der Waals surface area contributed by atoms with E-state index in [9.17, 15) is 0 Å². The van der Waals surface area contributed by atoms with E-state index in [4.69, 9.17) is 5.73 Å². The van der Waals surface area contributed by atoms with Gasteiger partial charge in [-0.25, -0.2) is 0 Å². The second-order valence-electron chi connectivity index (χ2n) is 7.24. The van der Waals surface area contributed by atoms with Gasteiger partial charge in [0.2, 0.25) is 0 Å². The molecular weight excluding hydrogens is 262 g/mol. The van der Waals surface area contributed by atoms with Gasteiger partial charge in [0, 0.05) is 17.0 Å². The third-order valence-corrected chi connectivity index (χ3v) is 8.04. The van der Waals surface area contributed by atoms with Crippen molar-refractivity contribution in [3.05, 3.63) is 35.9 Å². The van der Waals surface area contributed by atoms with E-state index in [-0.39, 0.29) is 0 Å². The van der Waals surface area contributed by atoms with Crippen LogP contribution in [-0.4, -0.2) is 11.3 Å². The Labute approximate surface area is 126 Å². The fourth-order valence-corrected chi connectivity index (χ4v) is 7.00. The van der Waals surface area contributed by atoms with E-state index >= 15 is 0 Å². The number of thioether (sulfide) groups is 1. The predicted molar refractivity (Wildman–Crippen MR) is 86.6 cm³/mol. The Bertz CT molecular complexity index is 442. The predicted octanol–water partition coefficient (Wildman–Crippen LogP) is 4.07. The third-order valence-electron chi connectivity index (χ3n) is 6.19. The monoisotopic (exact) mass is 287 g/mol. The van der Waals surface area contributed by atoms with Crippen LogP contribution in [0.1, 0.15) is 37.7 Å². The maximum atomic E-state index is 6.33. The Morgan fingerprint density at radius 1 is 0.950 bits per heavy atom. The van der Waals surface area contributed by atoms with E-state index in [2.05, 4.69) is 42.1 Å². The minimum absolute atomic E-state index is 0.392. The van der Waals surface area contributed by atoms with Crippen LogP contribution in [-0.2, 0) is 5.75 Å². The van der Waals surface area contributed by atoms with Crippen molar-refractivity contribution in [2.75, 3.05) is 6.54 Å². The fraction of sp³-hybridized carbons (Fsp3) is 0.667. The molecule has 4 fully saturated rings. The van der Waals surface area contributed by atoms with Crippen molar-refractivity contribution in [2.24, 2.45) is 29.4 Å². The number of benzene rings is 1. The molecule has 0 heterocycles. The van der Waals surface area contributed by atoms with Gasteiger partial charge in [-0.1, -0.05) is 30.3 Å². The molecule has 0 radical (unpaired) electrons. The summed E-state index contributed by atoms with van der Waals surface area (Å²) in [7, 11) is 0. The largest absolute Gasteiger partial charge is 0.329 e. The van der Waals surface area contributed by atoms with Crippen LogP contribution >= 0.6 is 11.8 Å². The second-order valence-corrected chi connectivity index (χ2v) is 8.58. The highest BCUT2D eigenvalue weighted by atomic mass is 32.2. The molecule has 20 heavy (non-hydrogen) atoms. The second kappa shape index (κ2) is 5.06. The highest BCUT2D eigenvalue weighted by Crippen LogP contribution is 2.62. The van der Waals surface area contributed by atoms with E-state index in [1.807, 2.05) is 0 Å². The van der Waals surface area contributed by atoms with Crippen molar-refractivity contribution in [3.8, 4) is 0 Å². The zero-order valence-corrected chi connectivity index (χ0v) is 12.9. The molecule has 1 aromatic carbocycles. The van der Waals surface area contributed by atoms with Crippen molar-refractivity contribution < 1.29 is 0 Å². The minimum Gasteiger partial charge on any atom is -0.329 e. The molecule has 108 valence electrons. The Hall–Kier alpha value is -0.470. The zero-order chi connectivity index (χ0) is 13.6. The summed E-state index contributed by atoms with van der Waals surface area (Å²) in [5.41, 5.74) is 7.79. The molecule has 0 aliphatic heterocycles. The number of hydrogen-bond donors (Lipinski definition) is 1. The van der Waals surface area contributed by atoms with Crippen LogP contribution in [0.5, 0.6) is 0 Å². The first-order valence-electron chi connectivity index (χ1n) is 8.18. The molecule has 0 unspecified atom stereocenters. The lowest BCUT2D eigenvalue weighted by Gasteiger charge is -2.60. The molecular formula is C18H25NS. The summed E-state index contributed by atoms with van der Waals surface area (Å²) < 4.78 is 0.392. The topological polar surface area (TPSA) is 26.0 Å². The molecule has 4 aliphatic rings. The summed E-state index contributed by atoms with van der Waals surface area (Å²) in [5.74, 6) is 5.01. The van der Waals surface area contributed by atoms with Gasteiger partial charge in [0.05, 0.1) is 0 Å². The zero-order valence-electron chi connectivity index (χ0n) is 12.1. The standard InChI is InChI=1S/C18H25NS/c19-12-18(20-11-13-4-2-1-3-5-13)16-7-14-6-15(9-16)10-17(18)8-14/h1-5,14-17H,6-12,19H2. The Morgan fingerprint density at radius 3 is 2.10 bits per heavy atom. The lowest BCUT2D eigenvalue weighted by molar-refractivity contribution is -0.0132. The molecule has 2 heteroatoms. The molecule has 1 aromatic rings. The number of nitrogens with two attached hydrogens (primary N) is 1. The molecule has 2 N–H and O–H groups in total. The first-order chi connectivity index (χ1) is 9.80. The van der Waals surface area contributed by atoms with Crippen molar-refractivity contribution in [2.45, 2.75) is 42.6 Å². The van der Waals surface area contributed by atoms with Crippen molar-refractivity contribution in [1.29, 1.82) is 0 Å². The average molecular weight is 287 g/mol. The van der Waals surface area contributed by atoms with Crippen LogP contribution in [0.3, 0.4) is 0 Å². The van der Waals surface area contributed by atoms with Gasteiger partial charge in [-0.2, -0.15) is 0 Å². The van der Waals surface area contributed by atoms with Crippen LogP contribution < -0.4 is 5.73 Å². The van der Waals surface area contributed by atoms with Crippen LogP contribution in [0.2, 0.25) is 0 Å². The summed E-state index contributed by atoms with van der Waals surface area (Å²) in [6.45, 7) is 0.888. The molecule has 4 bridgehead atoms. The summed E-state index contributed by atoms with van der Waals surface area (Å²) in [6, 6.07) is 10.9. The van der Waals surface area contributed by atoms with Gasteiger partial charge in [-0.15, -0.1) is 11.8 Å². The van der Waals surface area contributed by atoms with Crippen molar-refractivity contribution in [3.63, 3.8) is 0 Å². The highest BCUT2D eigenvalue weighted by Gasteiger charge is 2.56. The van der Waals surface area contributed by atoms with Crippen molar-refractivity contribution >= 4 is 11.8 Å². The molecule has 0 aromatic heterocycles. The van der Waals surface area contributed by atoms with E-state index in [0.717, 1.165) is 36.0 Å². The third kappa shape index (κ3) is 2.03. The van der Waals surface area contributed by atoms with Gasteiger partial charge < -0.3 is 5.73 Å². The summed E-state index contributed by atoms with van der Waals surface area (Å²) in [5, 5.41) is 0. The highest BCUT2D eigenvalue weighted by molar-refractivity contribution is 8.00. The van der Waals surface area contributed by atoms with Crippen LogP contribution in [0.15, 0.2) is 30.3 Å². The van der Waals surface area contributed by atoms with Gasteiger partial charge in [-0.05, 0) is 61.3 Å². The van der Waals surface area contributed by atoms with E-state index in [1.165, 1.54) is 37.7 Å². The minimum atomic E-state index is 0.392.